The first-order chi connectivity index (χ1) is 22.2. The van der Waals surface area contributed by atoms with Crippen molar-refractivity contribution >= 4 is 22.8 Å². The maximum Gasteiger partial charge on any atom is 0.248 e. The molecule has 47 heavy (non-hydrogen) atoms. The summed E-state index contributed by atoms with van der Waals surface area (Å²) < 4.78 is 17.2. The molecule has 8 heteroatoms. The van der Waals surface area contributed by atoms with E-state index in [4.69, 9.17) is 4.98 Å². The van der Waals surface area contributed by atoms with Crippen LogP contribution in [0.5, 0.6) is 0 Å². The van der Waals surface area contributed by atoms with Crippen molar-refractivity contribution in [3.63, 3.8) is 0 Å². The van der Waals surface area contributed by atoms with Crippen LogP contribution in [0, 0.1) is 24.1 Å². The average molecular weight is 644 g/mol. The number of carbonyl (C=O) groups is 2. The second-order valence-electron chi connectivity index (χ2n) is 16.2. The highest BCUT2D eigenvalue weighted by Gasteiger charge is 2.47. The molecule has 254 valence electrons. The number of hydrogen-bond donors (Lipinski definition) is 1. The summed E-state index contributed by atoms with van der Waals surface area (Å²) in [4.78, 5) is 36.7. The monoisotopic (exact) mass is 643 g/mol. The maximum atomic E-state index is 14.7. The molecule has 2 aromatic carbocycles. The molecule has 1 N–H and O–H groups in total. The number of nitrogens with zero attached hydrogens (tertiary/aromatic N) is 4. The predicted molar refractivity (Wildman–Crippen MR) is 186 cm³/mol. The fourth-order valence-electron chi connectivity index (χ4n) is 8.63. The lowest BCUT2D eigenvalue weighted by molar-refractivity contribution is -0.146. The Kier molecular flexibility index (Phi) is 9.05. The molecule has 0 aliphatic carbocycles. The van der Waals surface area contributed by atoms with Crippen LogP contribution in [-0.4, -0.2) is 68.4 Å². The molecule has 3 aliphatic rings. The standard InChI is InChI=1S/C39H54FN5O2/c1-26(2)38(7,42-35(46)37(4,5)6)36(47)43-20-17-39(18-21-43,28-11-10-12-29(40)23-28)19-22-44-30-15-16-31(44)25-32(24-30)45-27(3)41-33-13-8-9-14-34(33)45/h8-14,23,26,30-32H,15-22,24-25H2,1-7H3,(H,42,46). The van der Waals surface area contributed by atoms with Gasteiger partial charge in [-0.25, -0.2) is 9.37 Å². The van der Waals surface area contributed by atoms with Crippen LogP contribution in [0.15, 0.2) is 48.5 Å². The highest BCUT2D eigenvalue weighted by molar-refractivity contribution is 5.93. The number of aromatic nitrogens is 2. The van der Waals surface area contributed by atoms with Crippen molar-refractivity contribution < 1.29 is 14.0 Å². The van der Waals surface area contributed by atoms with E-state index in [-0.39, 0.29) is 29.0 Å². The van der Waals surface area contributed by atoms with Crippen LogP contribution in [0.4, 0.5) is 4.39 Å². The Hall–Kier alpha value is -3.26. The third-order valence-corrected chi connectivity index (χ3v) is 11.9. The van der Waals surface area contributed by atoms with Gasteiger partial charge >= 0.3 is 0 Å². The van der Waals surface area contributed by atoms with Crippen LogP contribution in [0.1, 0.15) is 104 Å². The van der Waals surface area contributed by atoms with Crippen LogP contribution >= 0.6 is 0 Å². The Labute approximate surface area is 280 Å². The number of nitrogens with one attached hydrogen (secondary N) is 1. The Bertz CT molecular complexity index is 1600. The van der Waals surface area contributed by atoms with Crippen molar-refractivity contribution in [3.05, 3.63) is 65.7 Å². The minimum Gasteiger partial charge on any atom is -0.341 e. The van der Waals surface area contributed by atoms with Crippen molar-refractivity contribution in [2.75, 3.05) is 19.6 Å². The molecular formula is C39H54FN5O2. The summed E-state index contributed by atoms with van der Waals surface area (Å²) in [6.45, 7) is 15.8. The van der Waals surface area contributed by atoms with Gasteiger partial charge in [0.2, 0.25) is 11.8 Å². The number of fused-ring (bicyclic) bond motifs is 3. The number of hydrogen-bond acceptors (Lipinski definition) is 4. The van der Waals surface area contributed by atoms with Gasteiger partial charge in [-0.15, -0.1) is 0 Å². The summed E-state index contributed by atoms with van der Waals surface area (Å²) in [5.41, 5.74) is 1.55. The van der Waals surface area contributed by atoms with E-state index in [1.165, 1.54) is 24.4 Å². The number of benzene rings is 2. The second kappa shape index (κ2) is 12.6. The Morgan fingerprint density at radius 2 is 1.64 bits per heavy atom. The van der Waals surface area contributed by atoms with E-state index in [1.807, 2.05) is 52.5 Å². The number of imidazole rings is 1. The fourth-order valence-corrected chi connectivity index (χ4v) is 8.63. The van der Waals surface area contributed by atoms with Gasteiger partial charge in [-0.1, -0.05) is 58.9 Å². The Morgan fingerprint density at radius 3 is 2.26 bits per heavy atom. The lowest BCUT2D eigenvalue weighted by atomic mass is 9.69. The van der Waals surface area contributed by atoms with Gasteiger partial charge in [0, 0.05) is 36.6 Å². The molecule has 0 spiro atoms. The predicted octanol–water partition coefficient (Wildman–Crippen LogP) is 7.18. The molecule has 3 fully saturated rings. The fraction of sp³-hybridized carbons (Fsp3) is 0.615. The van der Waals surface area contributed by atoms with Crippen molar-refractivity contribution in [3.8, 4) is 0 Å². The summed E-state index contributed by atoms with van der Waals surface area (Å²) in [6.07, 6.45) is 7.17. The number of likely N-dealkylation sites (tertiary alicyclic amines) is 1. The van der Waals surface area contributed by atoms with Gasteiger partial charge in [0.1, 0.15) is 17.2 Å². The largest absolute Gasteiger partial charge is 0.341 e. The first-order valence-corrected chi connectivity index (χ1v) is 17.8. The molecule has 3 aliphatic heterocycles. The quantitative estimate of drug-likeness (QED) is 0.282. The molecule has 0 radical (unpaired) electrons. The van der Waals surface area contributed by atoms with Crippen LogP contribution < -0.4 is 5.32 Å². The SMILES string of the molecule is Cc1nc2ccccc2n1C1CC2CCC(C1)N2CCC1(c2cccc(F)c2)CCN(C(=O)C(C)(NC(=O)C(C)(C)C)C(C)C)CC1. The zero-order chi connectivity index (χ0) is 33.7. The third-order valence-electron chi connectivity index (χ3n) is 11.9. The third kappa shape index (κ3) is 6.34. The maximum absolute atomic E-state index is 14.7. The van der Waals surface area contributed by atoms with Crippen LogP contribution in [0.2, 0.25) is 0 Å². The first-order valence-electron chi connectivity index (χ1n) is 17.8. The summed E-state index contributed by atoms with van der Waals surface area (Å²) in [6, 6.07) is 17.1. The minimum absolute atomic E-state index is 0.0274. The van der Waals surface area contributed by atoms with E-state index in [9.17, 15) is 14.0 Å². The molecule has 2 amide bonds. The first kappa shape index (κ1) is 33.6. The number of rotatable bonds is 8. The number of piperidine rings is 2. The molecule has 4 heterocycles. The van der Waals surface area contributed by atoms with Gasteiger partial charge in [0.25, 0.3) is 0 Å². The van der Waals surface area contributed by atoms with Crippen LogP contribution in [0.3, 0.4) is 0 Å². The second-order valence-corrected chi connectivity index (χ2v) is 16.2. The van der Waals surface area contributed by atoms with Crippen molar-refractivity contribution in [1.29, 1.82) is 0 Å². The highest BCUT2D eigenvalue weighted by Crippen LogP contribution is 2.45. The molecule has 2 bridgehead atoms. The van der Waals surface area contributed by atoms with E-state index in [1.54, 1.807) is 6.07 Å². The Balaban J connectivity index is 1.18. The minimum atomic E-state index is -0.994. The van der Waals surface area contributed by atoms with Gasteiger partial charge in [-0.05, 0) is 106 Å². The van der Waals surface area contributed by atoms with E-state index in [0.717, 1.165) is 55.6 Å². The number of carbonyl (C=O) groups excluding carboxylic acids is 2. The van der Waals surface area contributed by atoms with Gasteiger partial charge in [-0.2, -0.15) is 0 Å². The summed E-state index contributed by atoms with van der Waals surface area (Å²) in [7, 11) is 0. The zero-order valence-corrected chi connectivity index (χ0v) is 29.5. The highest BCUT2D eigenvalue weighted by atomic mass is 19.1. The molecule has 3 unspecified atom stereocenters. The molecule has 7 nitrogen and oxygen atoms in total. The van der Waals surface area contributed by atoms with Crippen molar-refractivity contribution in [1.82, 2.24) is 24.7 Å². The van der Waals surface area contributed by atoms with Gasteiger partial charge in [0.15, 0.2) is 0 Å². The zero-order valence-electron chi connectivity index (χ0n) is 29.5. The number of aryl methyl sites for hydroxylation is 1. The molecule has 6 rings (SSSR count). The lowest BCUT2D eigenvalue weighted by Crippen LogP contribution is -2.63. The van der Waals surface area contributed by atoms with E-state index in [2.05, 4.69) is 52.0 Å². The molecule has 3 aromatic rings. The smallest absolute Gasteiger partial charge is 0.248 e. The number of para-hydroxylation sites is 2. The van der Waals surface area contributed by atoms with Gasteiger partial charge in [0.05, 0.1) is 11.0 Å². The normalized spacial score (nSPS) is 24.4. The number of amides is 2. The molecule has 1 aromatic heterocycles. The summed E-state index contributed by atoms with van der Waals surface area (Å²) >= 11 is 0. The topological polar surface area (TPSA) is 70.5 Å². The Morgan fingerprint density at radius 1 is 0.979 bits per heavy atom. The summed E-state index contributed by atoms with van der Waals surface area (Å²) in [5, 5.41) is 3.11. The molecular weight excluding hydrogens is 589 g/mol. The van der Waals surface area contributed by atoms with Gasteiger partial charge in [-0.3, -0.25) is 14.5 Å². The van der Waals surface area contributed by atoms with Crippen molar-refractivity contribution in [2.24, 2.45) is 11.3 Å². The van der Waals surface area contributed by atoms with E-state index in [0.29, 0.717) is 31.2 Å². The molecule has 3 saturated heterocycles. The van der Waals surface area contributed by atoms with Gasteiger partial charge < -0.3 is 14.8 Å². The molecule has 0 saturated carbocycles. The van der Waals surface area contributed by atoms with Crippen LogP contribution in [-0.2, 0) is 15.0 Å². The van der Waals surface area contributed by atoms with E-state index >= 15 is 0 Å². The summed E-state index contributed by atoms with van der Waals surface area (Å²) in [5.74, 6) is 0.672. The van der Waals surface area contributed by atoms with E-state index < -0.39 is 11.0 Å². The lowest BCUT2D eigenvalue weighted by Gasteiger charge is -2.47. The average Bonchev–Trinajstić information content (AvgIpc) is 3.49. The number of halogens is 1. The molecule has 3 atom stereocenters. The van der Waals surface area contributed by atoms with Crippen molar-refractivity contribution in [2.45, 2.75) is 122 Å². The van der Waals surface area contributed by atoms with Crippen LogP contribution in [0.25, 0.3) is 11.0 Å².